The molecule has 0 aromatic carbocycles. The molecule has 1 fully saturated rings. The summed E-state index contributed by atoms with van der Waals surface area (Å²) in [6.45, 7) is 4.89. The van der Waals surface area contributed by atoms with Crippen LogP contribution in [0.3, 0.4) is 0 Å². The molecule has 0 radical (unpaired) electrons. The van der Waals surface area contributed by atoms with Gasteiger partial charge in [0, 0.05) is 5.54 Å². The Kier molecular flexibility index (Phi) is 4.14. The summed E-state index contributed by atoms with van der Waals surface area (Å²) >= 11 is 0. The largest absolute Gasteiger partial charge is 0.401 e. The van der Waals surface area contributed by atoms with Crippen molar-refractivity contribution in [2.75, 3.05) is 13.2 Å². The molecule has 1 aliphatic carbocycles. The zero-order valence-corrected chi connectivity index (χ0v) is 10.7. The van der Waals surface area contributed by atoms with Crippen molar-refractivity contribution < 1.29 is 18.3 Å². The Hall–Kier alpha value is -0.290. The number of rotatable bonds is 3. The fourth-order valence-electron chi connectivity index (χ4n) is 2.76. The molecule has 0 aromatic rings. The quantitative estimate of drug-likeness (QED) is 0.810. The molecule has 1 saturated carbocycles. The van der Waals surface area contributed by atoms with Crippen LogP contribution in [-0.2, 0) is 0 Å². The van der Waals surface area contributed by atoms with E-state index in [1.54, 1.807) is 0 Å². The second-order valence-corrected chi connectivity index (χ2v) is 6.05. The van der Waals surface area contributed by atoms with Crippen LogP contribution in [-0.4, -0.2) is 30.0 Å². The van der Waals surface area contributed by atoms with Crippen LogP contribution in [0.4, 0.5) is 13.2 Å². The molecule has 0 bridgehead atoms. The summed E-state index contributed by atoms with van der Waals surface area (Å²) in [5.74, 6) is 0.0404. The van der Waals surface area contributed by atoms with E-state index in [0.29, 0.717) is 6.42 Å². The van der Waals surface area contributed by atoms with E-state index >= 15 is 0 Å². The molecule has 1 rings (SSSR count). The predicted octanol–water partition coefficient (Wildman–Crippen LogP) is 2.72. The van der Waals surface area contributed by atoms with Gasteiger partial charge < -0.3 is 10.4 Å². The van der Waals surface area contributed by atoms with Gasteiger partial charge in [0.15, 0.2) is 0 Å². The Balaban J connectivity index is 2.69. The monoisotopic (exact) mass is 253 g/mol. The van der Waals surface area contributed by atoms with Crippen molar-refractivity contribution in [3.05, 3.63) is 0 Å². The third-order valence-electron chi connectivity index (χ3n) is 3.97. The first kappa shape index (κ1) is 14.8. The zero-order valence-electron chi connectivity index (χ0n) is 10.7. The van der Waals surface area contributed by atoms with E-state index in [9.17, 15) is 18.3 Å². The average molecular weight is 253 g/mol. The van der Waals surface area contributed by atoms with Crippen molar-refractivity contribution in [1.82, 2.24) is 5.32 Å². The summed E-state index contributed by atoms with van der Waals surface area (Å²) in [5.41, 5.74) is -0.622. The zero-order chi connectivity index (χ0) is 13.3. The maximum Gasteiger partial charge on any atom is 0.401 e. The standard InChI is InChI=1S/C12H22F3NO/c1-9-6-10(2,3)4-5-11(9,8-17)16-7-12(13,14)15/h9,16-17H,4-8H2,1-3H3. The van der Waals surface area contributed by atoms with Gasteiger partial charge in [-0.05, 0) is 30.6 Å². The summed E-state index contributed by atoms with van der Waals surface area (Å²) in [7, 11) is 0. The molecule has 0 aliphatic heterocycles. The molecular weight excluding hydrogens is 231 g/mol. The minimum absolute atomic E-state index is 0.0404. The first-order valence-electron chi connectivity index (χ1n) is 6.03. The molecule has 2 atom stereocenters. The van der Waals surface area contributed by atoms with Crippen LogP contribution in [0.5, 0.6) is 0 Å². The lowest BCUT2D eigenvalue weighted by molar-refractivity contribution is -0.134. The van der Waals surface area contributed by atoms with Gasteiger partial charge in [0.1, 0.15) is 0 Å². The van der Waals surface area contributed by atoms with E-state index in [0.717, 1.165) is 12.8 Å². The Morgan fingerprint density at radius 2 is 1.88 bits per heavy atom. The van der Waals surface area contributed by atoms with Crippen LogP contribution >= 0.6 is 0 Å². The Morgan fingerprint density at radius 3 is 2.29 bits per heavy atom. The Labute approximate surface area is 101 Å². The van der Waals surface area contributed by atoms with Crippen molar-refractivity contribution in [2.24, 2.45) is 11.3 Å². The lowest BCUT2D eigenvalue weighted by atomic mass is 9.64. The van der Waals surface area contributed by atoms with Gasteiger partial charge in [-0.1, -0.05) is 20.8 Å². The fraction of sp³-hybridized carbons (Fsp3) is 1.00. The van der Waals surface area contributed by atoms with Crippen molar-refractivity contribution in [2.45, 2.75) is 51.7 Å². The molecule has 0 heterocycles. The maximum absolute atomic E-state index is 12.3. The van der Waals surface area contributed by atoms with Gasteiger partial charge >= 0.3 is 6.18 Å². The van der Waals surface area contributed by atoms with E-state index in [1.807, 2.05) is 6.92 Å². The lowest BCUT2D eigenvalue weighted by Crippen LogP contribution is -2.59. The molecule has 2 N–H and O–H groups in total. The summed E-state index contributed by atoms with van der Waals surface area (Å²) < 4.78 is 36.8. The van der Waals surface area contributed by atoms with Crippen molar-refractivity contribution >= 4 is 0 Å². The molecule has 0 spiro atoms. The van der Waals surface area contributed by atoms with Gasteiger partial charge in [0.2, 0.25) is 0 Å². The molecule has 1 aliphatic rings. The molecule has 0 aromatic heterocycles. The predicted molar refractivity (Wildman–Crippen MR) is 60.7 cm³/mol. The molecule has 17 heavy (non-hydrogen) atoms. The Bertz CT molecular complexity index is 265. The number of nitrogens with one attached hydrogen (secondary N) is 1. The van der Waals surface area contributed by atoms with Gasteiger partial charge in [-0.15, -0.1) is 0 Å². The van der Waals surface area contributed by atoms with Gasteiger partial charge in [-0.2, -0.15) is 13.2 Å². The highest BCUT2D eigenvalue weighted by Crippen LogP contribution is 2.43. The van der Waals surface area contributed by atoms with Crippen molar-refractivity contribution in [1.29, 1.82) is 0 Å². The number of aliphatic hydroxyl groups excluding tert-OH is 1. The average Bonchev–Trinajstić information content (AvgIpc) is 2.15. The number of halogens is 3. The van der Waals surface area contributed by atoms with E-state index < -0.39 is 18.3 Å². The number of hydrogen-bond acceptors (Lipinski definition) is 2. The summed E-state index contributed by atoms with van der Waals surface area (Å²) in [4.78, 5) is 0. The molecule has 5 heteroatoms. The molecule has 102 valence electrons. The van der Waals surface area contributed by atoms with E-state index in [4.69, 9.17) is 0 Å². The maximum atomic E-state index is 12.3. The highest BCUT2D eigenvalue weighted by atomic mass is 19.4. The molecule has 0 saturated heterocycles. The van der Waals surface area contributed by atoms with Gasteiger partial charge in [-0.3, -0.25) is 0 Å². The highest BCUT2D eigenvalue weighted by molar-refractivity contribution is 4.99. The second-order valence-electron chi connectivity index (χ2n) is 6.05. The molecule has 0 amide bonds. The summed E-state index contributed by atoms with van der Waals surface area (Å²) in [5, 5.41) is 12.0. The van der Waals surface area contributed by atoms with Gasteiger partial charge in [0.25, 0.3) is 0 Å². The second kappa shape index (κ2) is 4.76. The Morgan fingerprint density at radius 1 is 1.29 bits per heavy atom. The van der Waals surface area contributed by atoms with Crippen molar-refractivity contribution in [3.8, 4) is 0 Å². The molecular formula is C12H22F3NO. The van der Waals surface area contributed by atoms with Crippen LogP contribution in [0.2, 0.25) is 0 Å². The normalized spacial score (nSPS) is 33.7. The summed E-state index contributed by atoms with van der Waals surface area (Å²) in [6.07, 6.45) is -1.97. The van der Waals surface area contributed by atoms with Gasteiger partial charge in [0.05, 0.1) is 13.2 Å². The first-order chi connectivity index (χ1) is 7.60. The first-order valence-corrected chi connectivity index (χ1v) is 6.03. The van der Waals surface area contributed by atoms with Crippen LogP contribution in [0.15, 0.2) is 0 Å². The van der Waals surface area contributed by atoms with Crippen LogP contribution < -0.4 is 5.32 Å². The highest BCUT2D eigenvalue weighted by Gasteiger charge is 2.44. The smallest absolute Gasteiger partial charge is 0.394 e. The fourth-order valence-corrected chi connectivity index (χ4v) is 2.76. The van der Waals surface area contributed by atoms with E-state index in [2.05, 4.69) is 19.2 Å². The summed E-state index contributed by atoms with van der Waals surface area (Å²) in [6, 6.07) is 0. The van der Waals surface area contributed by atoms with E-state index in [1.165, 1.54) is 0 Å². The third-order valence-corrected chi connectivity index (χ3v) is 3.97. The third kappa shape index (κ3) is 3.85. The van der Waals surface area contributed by atoms with E-state index in [-0.39, 0.29) is 17.9 Å². The van der Waals surface area contributed by atoms with Crippen LogP contribution in [0.1, 0.15) is 40.0 Å². The van der Waals surface area contributed by atoms with Gasteiger partial charge in [-0.25, -0.2) is 0 Å². The van der Waals surface area contributed by atoms with Crippen LogP contribution in [0.25, 0.3) is 0 Å². The molecule has 2 unspecified atom stereocenters. The molecule has 2 nitrogen and oxygen atoms in total. The lowest BCUT2D eigenvalue weighted by Gasteiger charge is -2.48. The number of hydrogen-bond donors (Lipinski definition) is 2. The van der Waals surface area contributed by atoms with Crippen molar-refractivity contribution in [3.63, 3.8) is 0 Å². The van der Waals surface area contributed by atoms with Crippen LogP contribution in [0, 0.1) is 11.3 Å². The number of aliphatic hydroxyl groups is 1. The number of alkyl halides is 3. The minimum atomic E-state index is -4.23. The topological polar surface area (TPSA) is 32.3 Å². The SMILES string of the molecule is CC1CC(C)(C)CCC1(CO)NCC(F)(F)F. The minimum Gasteiger partial charge on any atom is -0.394 e.